The molecule has 0 fully saturated rings. The number of rotatable bonds is 3. The van der Waals surface area contributed by atoms with Crippen LogP contribution in [-0.2, 0) is 0 Å². The van der Waals surface area contributed by atoms with E-state index in [9.17, 15) is 0 Å². The third kappa shape index (κ3) is 2.29. The van der Waals surface area contributed by atoms with E-state index in [0.29, 0.717) is 5.69 Å². The fourth-order valence-corrected chi connectivity index (χ4v) is 2.52. The van der Waals surface area contributed by atoms with Crippen LogP contribution in [0.5, 0.6) is 0 Å². The summed E-state index contributed by atoms with van der Waals surface area (Å²) in [6.45, 7) is 2.12. The van der Waals surface area contributed by atoms with Gasteiger partial charge < -0.3 is 4.90 Å². The van der Waals surface area contributed by atoms with Crippen molar-refractivity contribution >= 4 is 17.0 Å². The number of pyridine rings is 1. The second-order valence-corrected chi connectivity index (χ2v) is 4.76. The van der Waals surface area contributed by atoms with Crippen molar-refractivity contribution in [1.82, 2.24) is 4.98 Å². The summed E-state index contributed by atoms with van der Waals surface area (Å²) in [5.41, 5.74) is 1.34. The van der Waals surface area contributed by atoms with Crippen molar-refractivity contribution < 1.29 is 0 Å². The number of anilines is 1. The summed E-state index contributed by atoms with van der Waals surface area (Å²) >= 11 is 1.72. The van der Waals surface area contributed by atoms with Crippen LogP contribution in [0.25, 0.3) is 0 Å². The molecular weight excluding hydrogens is 230 g/mol. The molecule has 4 heteroatoms. The minimum atomic E-state index is 0.242. The third-order valence-electron chi connectivity index (χ3n) is 2.81. The van der Waals surface area contributed by atoms with Crippen LogP contribution in [0.3, 0.4) is 0 Å². The lowest BCUT2D eigenvalue weighted by atomic mass is 10.2. The fourth-order valence-electron chi connectivity index (χ4n) is 1.70. The molecule has 0 spiro atoms. The molecule has 0 amide bonds. The zero-order chi connectivity index (χ0) is 12.3. The first kappa shape index (κ1) is 11.6. The quantitative estimate of drug-likeness (QED) is 0.831. The van der Waals surface area contributed by atoms with Crippen molar-refractivity contribution in [1.29, 1.82) is 5.26 Å². The molecule has 0 aliphatic heterocycles. The van der Waals surface area contributed by atoms with E-state index in [4.69, 9.17) is 5.26 Å². The number of aromatic nitrogens is 1. The average molecular weight is 243 g/mol. The van der Waals surface area contributed by atoms with Crippen LogP contribution in [0.15, 0.2) is 35.8 Å². The van der Waals surface area contributed by atoms with E-state index in [1.54, 1.807) is 17.5 Å². The molecule has 17 heavy (non-hydrogen) atoms. The summed E-state index contributed by atoms with van der Waals surface area (Å²) in [6.07, 6.45) is 1.64. The highest BCUT2D eigenvalue weighted by atomic mass is 32.1. The summed E-state index contributed by atoms with van der Waals surface area (Å²) < 4.78 is 0. The highest BCUT2D eigenvalue weighted by Crippen LogP contribution is 2.29. The Labute approximate surface area is 105 Å². The predicted molar refractivity (Wildman–Crippen MR) is 70.1 cm³/mol. The molecule has 0 aromatic carbocycles. The third-order valence-corrected chi connectivity index (χ3v) is 3.85. The molecular formula is C13H13N3S. The van der Waals surface area contributed by atoms with Crippen LogP contribution >= 0.6 is 11.3 Å². The Morgan fingerprint density at radius 3 is 2.88 bits per heavy atom. The summed E-state index contributed by atoms with van der Waals surface area (Å²) in [6, 6.07) is 10.3. The number of hydrogen-bond acceptors (Lipinski definition) is 4. The zero-order valence-electron chi connectivity index (χ0n) is 9.79. The van der Waals surface area contributed by atoms with E-state index in [0.717, 1.165) is 5.69 Å². The molecule has 2 rings (SSSR count). The SMILES string of the molecule is CC(c1cccs1)N(C)c1cccnc1C#N. The predicted octanol–water partition coefficient (Wildman–Crippen LogP) is 3.21. The van der Waals surface area contributed by atoms with Gasteiger partial charge in [-0.1, -0.05) is 6.07 Å². The van der Waals surface area contributed by atoms with Crippen molar-refractivity contribution in [2.75, 3.05) is 11.9 Å². The molecule has 0 N–H and O–H groups in total. The first-order valence-corrected chi connectivity index (χ1v) is 6.23. The van der Waals surface area contributed by atoms with Crippen LogP contribution in [0.4, 0.5) is 5.69 Å². The van der Waals surface area contributed by atoms with E-state index < -0.39 is 0 Å². The van der Waals surface area contributed by atoms with Gasteiger partial charge in [0.1, 0.15) is 6.07 Å². The monoisotopic (exact) mass is 243 g/mol. The lowest BCUT2D eigenvalue weighted by Crippen LogP contribution is -2.22. The molecule has 86 valence electrons. The Morgan fingerprint density at radius 2 is 2.24 bits per heavy atom. The molecule has 0 saturated heterocycles. The maximum Gasteiger partial charge on any atom is 0.163 e. The van der Waals surface area contributed by atoms with Gasteiger partial charge in [0.15, 0.2) is 5.69 Å². The molecule has 0 aliphatic carbocycles. The molecule has 0 saturated carbocycles. The molecule has 3 nitrogen and oxygen atoms in total. The molecule has 0 bridgehead atoms. The van der Waals surface area contributed by atoms with E-state index >= 15 is 0 Å². The number of thiophene rings is 1. The van der Waals surface area contributed by atoms with Crippen molar-refractivity contribution in [3.8, 4) is 6.07 Å². The normalized spacial score (nSPS) is 11.8. The van der Waals surface area contributed by atoms with Gasteiger partial charge in [-0.05, 0) is 30.5 Å². The zero-order valence-corrected chi connectivity index (χ0v) is 10.6. The van der Waals surface area contributed by atoms with Crippen LogP contribution in [0.1, 0.15) is 23.5 Å². The van der Waals surface area contributed by atoms with E-state index in [-0.39, 0.29) is 6.04 Å². The van der Waals surface area contributed by atoms with Gasteiger partial charge in [-0.3, -0.25) is 0 Å². The number of hydrogen-bond donors (Lipinski definition) is 0. The average Bonchev–Trinajstić information content (AvgIpc) is 2.90. The van der Waals surface area contributed by atoms with Gasteiger partial charge in [0.25, 0.3) is 0 Å². The van der Waals surface area contributed by atoms with Gasteiger partial charge in [-0.15, -0.1) is 11.3 Å². The Bertz CT molecular complexity index is 528. The Kier molecular flexibility index (Phi) is 3.40. The first-order valence-electron chi connectivity index (χ1n) is 5.35. The molecule has 1 unspecified atom stereocenters. The van der Waals surface area contributed by atoms with Gasteiger partial charge in [0.05, 0.1) is 11.7 Å². The smallest absolute Gasteiger partial charge is 0.163 e. The van der Waals surface area contributed by atoms with Gasteiger partial charge >= 0.3 is 0 Å². The lowest BCUT2D eigenvalue weighted by molar-refractivity contribution is 0.751. The largest absolute Gasteiger partial charge is 0.365 e. The second-order valence-electron chi connectivity index (χ2n) is 3.79. The topological polar surface area (TPSA) is 39.9 Å². The fraction of sp³-hybridized carbons (Fsp3) is 0.231. The van der Waals surface area contributed by atoms with E-state index in [1.165, 1.54) is 4.88 Å². The van der Waals surface area contributed by atoms with E-state index in [2.05, 4.69) is 34.3 Å². The van der Waals surface area contributed by atoms with Crippen molar-refractivity contribution in [2.24, 2.45) is 0 Å². The van der Waals surface area contributed by atoms with Crippen molar-refractivity contribution in [2.45, 2.75) is 13.0 Å². The molecule has 2 heterocycles. The number of nitrogens with zero attached hydrogens (tertiary/aromatic N) is 3. The van der Waals surface area contributed by atoms with Gasteiger partial charge in [0, 0.05) is 18.1 Å². The van der Waals surface area contributed by atoms with Crippen LogP contribution in [0, 0.1) is 11.3 Å². The Morgan fingerprint density at radius 1 is 1.41 bits per heavy atom. The first-order chi connectivity index (χ1) is 8.24. The molecule has 2 aromatic heterocycles. The summed E-state index contributed by atoms with van der Waals surface area (Å²) in [4.78, 5) is 7.44. The summed E-state index contributed by atoms with van der Waals surface area (Å²) in [5.74, 6) is 0. The molecule has 0 radical (unpaired) electrons. The summed E-state index contributed by atoms with van der Waals surface area (Å²) in [5, 5.41) is 11.1. The highest BCUT2D eigenvalue weighted by molar-refractivity contribution is 7.10. The highest BCUT2D eigenvalue weighted by Gasteiger charge is 2.16. The Hall–Kier alpha value is -1.86. The van der Waals surface area contributed by atoms with Gasteiger partial charge in [-0.2, -0.15) is 5.26 Å². The maximum atomic E-state index is 9.04. The minimum Gasteiger partial charge on any atom is -0.365 e. The van der Waals surface area contributed by atoms with Crippen LogP contribution < -0.4 is 4.90 Å². The molecule has 0 aliphatic rings. The molecule has 1 atom stereocenters. The van der Waals surface area contributed by atoms with Gasteiger partial charge in [-0.25, -0.2) is 4.98 Å². The van der Waals surface area contributed by atoms with Crippen molar-refractivity contribution in [3.05, 3.63) is 46.4 Å². The molecule has 2 aromatic rings. The standard InChI is InChI=1S/C13H13N3S/c1-10(13-6-4-8-17-13)16(2)12-5-3-7-15-11(12)9-14/h3-8,10H,1-2H3. The second kappa shape index (κ2) is 4.98. The van der Waals surface area contributed by atoms with E-state index in [1.807, 2.05) is 25.2 Å². The van der Waals surface area contributed by atoms with Crippen molar-refractivity contribution in [3.63, 3.8) is 0 Å². The number of nitriles is 1. The Balaban J connectivity index is 2.31. The van der Waals surface area contributed by atoms with Crippen LogP contribution in [0.2, 0.25) is 0 Å². The summed E-state index contributed by atoms with van der Waals surface area (Å²) in [7, 11) is 1.99. The van der Waals surface area contributed by atoms with Gasteiger partial charge in [0.2, 0.25) is 0 Å². The minimum absolute atomic E-state index is 0.242. The lowest BCUT2D eigenvalue weighted by Gasteiger charge is -2.26. The van der Waals surface area contributed by atoms with Crippen LogP contribution in [-0.4, -0.2) is 12.0 Å². The maximum absolute atomic E-state index is 9.04.